The van der Waals surface area contributed by atoms with E-state index in [0.717, 1.165) is 25.2 Å². The van der Waals surface area contributed by atoms with Crippen LogP contribution in [0.5, 0.6) is 0 Å². The first-order valence-corrected chi connectivity index (χ1v) is 7.17. The molecule has 2 atom stereocenters. The maximum absolute atomic E-state index is 5.66. The summed E-state index contributed by atoms with van der Waals surface area (Å²) >= 11 is 0. The fourth-order valence-electron chi connectivity index (χ4n) is 3.21. The fraction of sp³-hybridized carbons (Fsp3) is 0.353. The Bertz CT molecular complexity index is 679. The van der Waals surface area contributed by atoms with Gasteiger partial charge >= 0.3 is 0 Å². The van der Waals surface area contributed by atoms with Gasteiger partial charge < -0.3 is 4.74 Å². The lowest BCUT2D eigenvalue weighted by Gasteiger charge is -2.42. The summed E-state index contributed by atoms with van der Waals surface area (Å²) in [6, 6.07) is 11.5. The Kier molecular flexibility index (Phi) is 2.83. The van der Waals surface area contributed by atoms with Crippen LogP contribution in [0.2, 0.25) is 0 Å². The largest absolute Gasteiger partial charge is 0.378 e. The van der Waals surface area contributed by atoms with Gasteiger partial charge in [0.2, 0.25) is 0 Å². The van der Waals surface area contributed by atoms with Crippen LogP contribution in [0.25, 0.3) is 16.5 Å². The number of benzene rings is 1. The van der Waals surface area contributed by atoms with Crippen molar-refractivity contribution >= 4 is 16.5 Å². The number of rotatable bonds is 1. The summed E-state index contributed by atoms with van der Waals surface area (Å²) in [6.07, 6.45) is 5.41. The minimum atomic E-state index is 0.406. The molecule has 1 aromatic heterocycles. The molecule has 1 fully saturated rings. The van der Waals surface area contributed by atoms with Crippen molar-refractivity contribution in [1.29, 1.82) is 0 Å². The average molecular weight is 266 g/mol. The number of likely N-dealkylation sites (N-methyl/N-ethyl adjacent to an activating group) is 1. The minimum Gasteiger partial charge on any atom is -0.378 e. The van der Waals surface area contributed by atoms with Crippen molar-refractivity contribution in [3.8, 4) is 0 Å². The lowest BCUT2D eigenvalue weighted by Crippen LogP contribution is -2.51. The van der Waals surface area contributed by atoms with E-state index in [4.69, 9.17) is 4.74 Å². The predicted octanol–water partition coefficient (Wildman–Crippen LogP) is 2.72. The topological polar surface area (TPSA) is 25.4 Å². The highest BCUT2D eigenvalue weighted by molar-refractivity contribution is 5.82. The zero-order chi connectivity index (χ0) is 13.5. The summed E-state index contributed by atoms with van der Waals surface area (Å²) < 4.78 is 5.66. The Hall–Kier alpha value is -1.71. The first-order valence-electron chi connectivity index (χ1n) is 7.17. The molecule has 0 radical (unpaired) electrons. The van der Waals surface area contributed by atoms with Crippen molar-refractivity contribution in [3.63, 3.8) is 0 Å². The Balaban J connectivity index is 1.75. The zero-order valence-electron chi connectivity index (χ0n) is 11.6. The van der Waals surface area contributed by atoms with Gasteiger partial charge in [0.05, 0.1) is 24.8 Å². The van der Waals surface area contributed by atoms with Gasteiger partial charge in [-0.2, -0.15) is 0 Å². The first kappa shape index (κ1) is 12.1. The van der Waals surface area contributed by atoms with Crippen LogP contribution in [0, 0.1) is 0 Å². The molecule has 3 nitrogen and oxygen atoms in total. The molecule has 1 aromatic carbocycles. The number of nitrogens with zero attached hydrogens (tertiary/aromatic N) is 2. The van der Waals surface area contributed by atoms with E-state index in [1.54, 1.807) is 0 Å². The quantitative estimate of drug-likeness (QED) is 0.793. The summed E-state index contributed by atoms with van der Waals surface area (Å²) in [5, 5.41) is 1.21. The van der Waals surface area contributed by atoms with E-state index in [1.165, 1.54) is 16.5 Å². The average Bonchev–Trinajstić information content (AvgIpc) is 2.46. The third-order valence-electron chi connectivity index (χ3n) is 4.51. The van der Waals surface area contributed by atoms with E-state index in [2.05, 4.69) is 47.3 Å². The molecule has 3 heterocycles. The van der Waals surface area contributed by atoms with Gasteiger partial charge in [-0.15, -0.1) is 0 Å². The fourth-order valence-corrected chi connectivity index (χ4v) is 3.21. The SMILES string of the molecule is CN1C2C=C(c3cnc4ccccc4c3)CC1COC2. The molecule has 3 heteroatoms. The van der Waals surface area contributed by atoms with Gasteiger partial charge in [-0.1, -0.05) is 24.3 Å². The van der Waals surface area contributed by atoms with Gasteiger partial charge in [0.15, 0.2) is 0 Å². The van der Waals surface area contributed by atoms with E-state index in [-0.39, 0.29) is 0 Å². The van der Waals surface area contributed by atoms with Crippen molar-refractivity contribution < 1.29 is 4.74 Å². The normalized spacial score (nSPS) is 26.6. The van der Waals surface area contributed by atoms with E-state index in [9.17, 15) is 0 Å². The maximum Gasteiger partial charge on any atom is 0.0702 e. The highest BCUT2D eigenvalue weighted by Crippen LogP contribution is 2.32. The van der Waals surface area contributed by atoms with E-state index < -0.39 is 0 Å². The zero-order valence-corrected chi connectivity index (χ0v) is 11.6. The number of hydrogen-bond donors (Lipinski definition) is 0. The number of ether oxygens (including phenoxy) is 1. The number of pyridine rings is 1. The number of morpholine rings is 1. The van der Waals surface area contributed by atoms with Crippen molar-refractivity contribution in [1.82, 2.24) is 9.88 Å². The molecule has 2 aliphatic rings. The van der Waals surface area contributed by atoms with E-state index in [0.29, 0.717) is 12.1 Å². The van der Waals surface area contributed by atoms with Crippen LogP contribution in [0.1, 0.15) is 12.0 Å². The highest BCUT2D eigenvalue weighted by atomic mass is 16.5. The van der Waals surface area contributed by atoms with Gasteiger partial charge in [0, 0.05) is 17.6 Å². The third-order valence-corrected chi connectivity index (χ3v) is 4.51. The lowest BCUT2D eigenvalue weighted by atomic mass is 9.90. The van der Waals surface area contributed by atoms with Crippen molar-refractivity contribution in [3.05, 3.63) is 48.2 Å². The molecule has 0 spiro atoms. The molecule has 0 amide bonds. The number of fused-ring (bicyclic) bond motifs is 3. The number of para-hydroxylation sites is 1. The standard InChI is InChI=1S/C17H18N2O/c1-19-15-7-13(8-16(19)11-20-10-15)14-6-12-4-2-3-5-17(12)18-9-14/h2-7,9,15-16H,8,10-11H2,1H3. The molecule has 1 saturated heterocycles. The van der Waals surface area contributed by atoms with Crippen molar-refractivity contribution in [2.75, 3.05) is 20.3 Å². The molecule has 2 unspecified atom stereocenters. The smallest absolute Gasteiger partial charge is 0.0702 e. The monoisotopic (exact) mass is 266 g/mol. The van der Waals surface area contributed by atoms with Crippen LogP contribution < -0.4 is 0 Å². The van der Waals surface area contributed by atoms with Gasteiger partial charge in [0.25, 0.3) is 0 Å². The summed E-state index contributed by atoms with van der Waals surface area (Å²) in [6.45, 7) is 1.64. The van der Waals surface area contributed by atoms with Gasteiger partial charge in [-0.3, -0.25) is 9.88 Å². The molecule has 20 heavy (non-hydrogen) atoms. The van der Waals surface area contributed by atoms with Crippen LogP contribution in [0.15, 0.2) is 42.6 Å². The summed E-state index contributed by atoms with van der Waals surface area (Å²) in [4.78, 5) is 7.02. The molecule has 2 bridgehead atoms. The summed E-state index contributed by atoms with van der Waals surface area (Å²) in [7, 11) is 2.20. The molecule has 2 aromatic rings. The summed E-state index contributed by atoms with van der Waals surface area (Å²) in [5.74, 6) is 0. The molecule has 4 rings (SSSR count). The molecule has 0 saturated carbocycles. The molecule has 102 valence electrons. The van der Waals surface area contributed by atoms with E-state index in [1.807, 2.05) is 12.3 Å². The van der Waals surface area contributed by atoms with Gasteiger partial charge in [0.1, 0.15) is 0 Å². The van der Waals surface area contributed by atoms with Crippen LogP contribution in [-0.4, -0.2) is 42.2 Å². The Morgan fingerprint density at radius 3 is 3.05 bits per heavy atom. The van der Waals surface area contributed by atoms with Crippen molar-refractivity contribution in [2.45, 2.75) is 18.5 Å². The van der Waals surface area contributed by atoms with Gasteiger partial charge in [-0.25, -0.2) is 0 Å². The van der Waals surface area contributed by atoms with Gasteiger partial charge in [-0.05, 0) is 36.7 Å². The molecule has 0 aliphatic carbocycles. The number of aromatic nitrogens is 1. The highest BCUT2D eigenvalue weighted by Gasteiger charge is 2.32. The van der Waals surface area contributed by atoms with Crippen LogP contribution >= 0.6 is 0 Å². The van der Waals surface area contributed by atoms with Crippen molar-refractivity contribution in [2.24, 2.45) is 0 Å². The first-order chi connectivity index (χ1) is 9.81. The molecular formula is C17H18N2O. The Morgan fingerprint density at radius 2 is 2.15 bits per heavy atom. The lowest BCUT2D eigenvalue weighted by molar-refractivity contribution is -0.0221. The Morgan fingerprint density at radius 1 is 1.25 bits per heavy atom. The second kappa shape index (κ2) is 4.69. The molecule has 2 aliphatic heterocycles. The summed E-state index contributed by atoms with van der Waals surface area (Å²) in [5.41, 5.74) is 3.74. The Labute approximate surface area is 118 Å². The third kappa shape index (κ3) is 1.94. The number of hydrogen-bond acceptors (Lipinski definition) is 3. The van der Waals surface area contributed by atoms with Crippen LogP contribution in [0.4, 0.5) is 0 Å². The minimum absolute atomic E-state index is 0.406. The predicted molar refractivity (Wildman–Crippen MR) is 80.5 cm³/mol. The van der Waals surface area contributed by atoms with Crippen LogP contribution in [-0.2, 0) is 4.74 Å². The second-order valence-electron chi connectivity index (χ2n) is 5.74. The molecular weight excluding hydrogens is 248 g/mol. The molecule has 0 N–H and O–H groups in total. The maximum atomic E-state index is 5.66. The van der Waals surface area contributed by atoms with E-state index >= 15 is 0 Å². The van der Waals surface area contributed by atoms with Crippen LogP contribution in [0.3, 0.4) is 0 Å². The second-order valence-corrected chi connectivity index (χ2v) is 5.74.